The fourth-order valence-electron chi connectivity index (χ4n) is 4.10. The third kappa shape index (κ3) is 5.15. The minimum absolute atomic E-state index is 0.0346. The van der Waals surface area contributed by atoms with Crippen LogP contribution in [0.3, 0.4) is 0 Å². The van der Waals surface area contributed by atoms with Gasteiger partial charge in [0.15, 0.2) is 0 Å². The standard InChI is InChI=1S/C26H24N4O3/c31-25(22-3-1-4-24(15-22)33-26-28-8-2-9-29-26)30-11-12-32-18-20(17-30)13-19-5-6-21-7-10-27-16-23(21)14-19/h1-10,14-16,20H,11-13,17-18H2/t20-/m1/s1. The van der Waals surface area contributed by atoms with Crippen LogP contribution in [-0.2, 0) is 11.2 Å². The molecule has 0 aliphatic carbocycles. The molecule has 0 N–H and O–H groups in total. The monoisotopic (exact) mass is 440 g/mol. The van der Waals surface area contributed by atoms with E-state index in [9.17, 15) is 4.79 Å². The lowest BCUT2D eigenvalue weighted by molar-refractivity contribution is 0.0737. The second-order valence-corrected chi connectivity index (χ2v) is 8.11. The highest BCUT2D eigenvalue weighted by Crippen LogP contribution is 2.22. The molecule has 7 heteroatoms. The Morgan fingerprint density at radius 3 is 2.85 bits per heavy atom. The van der Waals surface area contributed by atoms with Crippen LogP contribution in [0.2, 0.25) is 0 Å². The number of hydrogen-bond acceptors (Lipinski definition) is 6. The molecular weight excluding hydrogens is 416 g/mol. The summed E-state index contributed by atoms with van der Waals surface area (Å²) in [5, 5.41) is 2.29. The number of carbonyl (C=O) groups is 1. The highest BCUT2D eigenvalue weighted by atomic mass is 16.5. The highest BCUT2D eigenvalue weighted by Gasteiger charge is 2.24. The third-order valence-electron chi connectivity index (χ3n) is 5.69. The Kier molecular flexibility index (Phi) is 6.21. The number of carbonyl (C=O) groups excluding carboxylic acids is 1. The van der Waals surface area contributed by atoms with Crippen molar-refractivity contribution in [3.8, 4) is 11.8 Å². The fourth-order valence-corrected chi connectivity index (χ4v) is 4.10. The highest BCUT2D eigenvalue weighted by molar-refractivity contribution is 5.94. The van der Waals surface area contributed by atoms with Crippen LogP contribution in [0.15, 0.2) is 79.4 Å². The van der Waals surface area contributed by atoms with Gasteiger partial charge in [0, 0.05) is 54.7 Å². The molecular formula is C26H24N4O3. The Hall–Kier alpha value is -3.84. The Bertz CT molecular complexity index is 1250. The average molecular weight is 441 g/mol. The van der Waals surface area contributed by atoms with Gasteiger partial charge in [-0.25, -0.2) is 9.97 Å². The first kappa shape index (κ1) is 21.0. The van der Waals surface area contributed by atoms with Gasteiger partial charge in [0.25, 0.3) is 5.91 Å². The van der Waals surface area contributed by atoms with Crippen LogP contribution in [0.4, 0.5) is 0 Å². The number of nitrogens with zero attached hydrogens (tertiary/aromatic N) is 4. The summed E-state index contributed by atoms with van der Waals surface area (Å²) in [4.78, 5) is 27.5. The quantitative estimate of drug-likeness (QED) is 0.464. The third-order valence-corrected chi connectivity index (χ3v) is 5.69. The molecule has 0 saturated carbocycles. The van der Waals surface area contributed by atoms with Crippen LogP contribution >= 0.6 is 0 Å². The smallest absolute Gasteiger partial charge is 0.321 e. The topological polar surface area (TPSA) is 77.4 Å². The molecule has 2 aromatic carbocycles. The van der Waals surface area contributed by atoms with Crippen LogP contribution < -0.4 is 4.74 Å². The van der Waals surface area contributed by atoms with E-state index in [-0.39, 0.29) is 17.8 Å². The van der Waals surface area contributed by atoms with Crippen molar-refractivity contribution in [2.45, 2.75) is 6.42 Å². The van der Waals surface area contributed by atoms with Crippen molar-refractivity contribution in [3.05, 3.63) is 90.5 Å². The molecule has 1 saturated heterocycles. The number of pyridine rings is 1. The molecule has 0 bridgehead atoms. The Balaban J connectivity index is 1.29. The number of amides is 1. The van der Waals surface area contributed by atoms with Gasteiger partial charge in [-0.15, -0.1) is 0 Å². The van der Waals surface area contributed by atoms with Crippen molar-refractivity contribution in [3.63, 3.8) is 0 Å². The first-order chi connectivity index (χ1) is 16.2. The van der Waals surface area contributed by atoms with Crippen molar-refractivity contribution >= 4 is 16.7 Å². The maximum absolute atomic E-state index is 13.3. The molecule has 1 atom stereocenters. The second kappa shape index (κ2) is 9.75. The minimum Gasteiger partial charge on any atom is -0.424 e. The number of ether oxygens (including phenoxy) is 2. The van der Waals surface area contributed by atoms with E-state index in [1.54, 1.807) is 48.9 Å². The minimum atomic E-state index is -0.0346. The van der Waals surface area contributed by atoms with Gasteiger partial charge in [-0.1, -0.05) is 18.2 Å². The molecule has 5 rings (SSSR count). The van der Waals surface area contributed by atoms with Gasteiger partial charge < -0.3 is 14.4 Å². The summed E-state index contributed by atoms with van der Waals surface area (Å²) in [6.07, 6.45) is 7.75. The van der Waals surface area contributed by atoms with E-state index in [1.807, 2.05) is 17.2 Å². The van der Waals surface area contributed by atoms with Crippen LogP contribution in [0.5, 0.6) is 11.8 Å². The molecule has 0 spiro atoms. The zero-order chi connectivity index (χ0) is 22.5. The maximum Gasteiger partial charge on any atom is 0.321 e. The second-order valence-electron chi connectivity index (χ2n) is 8.11. The average Bonchev–Trinajstić information content (AvgIpc) is 3.10. The molecule has 1 fully saturated rings. The maximum atomic E-state index is 13.3. The summed E-state index contributed by atoms with van der Waals surface area (Å²) < 4.78 is 11.5. The van der Waals surface area contributed by atoms with Crippen LogP contribution in [0, 0.1) is 5.92 Å². The normalized spacial score (nSPS) is 16.4. The summed E-state index contributed by atoms with van der Waals surface area (Å²) in [7, 11) is 0. The first-order valence-electron chi connectivity index (χ1n) is 11.0. The molecule has 0 unspecified atom stereocenters. The molecule has 4 aromatic rings. The zero-order valence-electron chi connectivity index (χ0n) is 18.1. The van der Waals surface area contributed by atoms with Gasteiger partial charge in [-0.3, -0.25) is 9.78 Å². The molecule has 166 valence electrons. The van der Waals surface area contributed by atoms with Gasteiger partial charge in [-0.05, 0) is 53.8 Å². The van der Waals surface area contributed by atoms with Gasteiger partial charge >= 0.3 is 6.01 Å². The van der Waals surface area contributed by atoms with Crippen LogP contribution in [0.25, 0.3) is 10.8 Å². The van der Waals surface area contributed by atoms with Crippen molar-refractivity contribution < 1.29 is 14.3 Å². The number of aromatic nitrogens is 3. The van der Waals surface area contributed by atoms with Crippen molar-refractivity contribution in [1.29, 1.82) is 0 Å². The van der Waals surface area contributed by atoms with Gasteiger partial charge in [0.2, 0.25) is 0 Å². The molecule has 3 heterocycles. The summed E-state index contributed by atoms with van der Waals surface area (Å²) in [6, 6.07) is 17.5. The summed E-state index contributed by atoms with van der Waals surface area (Å²) in [5.41, 5.74) is 1.79. The number of rotatable bonds is 5. The first-order valence-corrected chi connectivity index (χ1v) is 11.0. The molecule has 33 heavy (non-hydrogen) atoms. The molecule has 7 nitrogen and oxygen atoms in total. The van der Waals surface area contributed by atoms with Gasteiger partial charge in [0.1, 0.15) is 5.75 Å². The van der Waals surface area contributed by atoms with Gasteiger partial charge in [0.05, 0.1) is 13.2 Å². The van der Waals surface area contributed by atoms with Crippen molar-refractivity contribution in [1.82, 2.24) is 19.9 Å². The summed E-state index contributed by atoms with van der Waals surface area (Å²) in [6.45, 7) is 2.35. The molecule has 1 aliphatic rings. The van der Waals surface area contributed by atoms with Crippen molar-refractivity contribution in [2.24, 2.45) is 5.92 Å². The van der Waals surface area contributed by atoms with E-state index in [4.69, 9.17) is 9.47 Å². The number of benzene rings is 2. The Morgan fingerprint density at radius 2 is 1.94 bits per heavy atom. The number of hydrogen-bond donors (Lipinski definition) is 0. The van der Waals surface area contributed by atoms with E-state index in [2.05, 4.69) is 33.2 Å². The van der Waals surface area contributed by atoms with Gasteiger partial charge in [-0.2, -0.15) is 0 Å². The van der Waals surface area contributed by atoms with Crippen LogP contribution in [-0.4, -0.2) is 52.1 Å². The Labute approximate surface area is 192 Å². The van der Waals surface area contributed by atoms with E-state index >= 15 is 0 Å². The Morgan fingerprint density at radius 1 is 1.03 bits per heavy atom. The molecule has 1 aliphatic heterocycles. The number of fused-ring (bicyclic) bond motifs is 1. The van der Waals surface area contributed by atoms with E-state index < -0.39 is 0 Å². The molecule has 0 radical (unpaired) electrons. The van der Waals surface area contributed by atoms with Crippen LogP contribution in [0.1, 0.15) is 15.9 Å². The molecule has 1 amide bonds. The summed E-state index contributed by atoms with van der Waals surface area (Å²) in [5.74, 6) is 0.704. The van der Waals surface area contributed by atoms with E-state index in [0.717, 1.165) is 11.8 Å². The zero-order valence-corrected chi connectivity index (χ0v) is 18.1. The molecule has 2 aromatic heterocycles. The van der Waals surface area contributed by atoms with Crippen molar-refractivity contribution in [2.75, 3.05) is 26.3 Å². The van der Waals surface area contributed by atoms with E-state index in [0.29, 0.717) is 37.6 Å². The lowest BCUT2D eigenvalue weighted by Gasteiger charge is -2.24. The largest absolute Gasteiger partial charge is 0.424 e. The lowest BCUT2D eigenvalue weighted by Crippen LogP contribution is -2.36. The SMILES string of the molecule is O=C(c1cccc(Oc2ncccn2)c1)N1CCOC[C@H](Cc2ccc3ccncc3c2)C1. The predicted molar refractivity (Wildman–Crippen MR) is 124 cm³/mol. The fraction of sp³-hybridized carbons (Fsp3) is 0.231. The predicted octanol–water partition coefficient (Wildman–Crippen LogP) is 4.15. The summed E-state index contributed by atoms with van der Waals surface area (Å²) >= 11 is 0. The lowest BCUT2D eigenvalue weighted by atomic mass is 9.97. The van der Waals surface area contributed by atoms with E-state index in [1.165, 1.54) is 10.9 Å².